The van der Waals surface area contributed by atoms with Crippen molar-refractivity contribution in [2.24, 2.45) is 0 Å². The summed E-state index contributed by atoms with van der Waals surface area (Å²) in [6, 6.07) is 10.1. The van der Waals surface area contributed by atoms with Crippen LogP contribution in [0.3, 0.4) is 0 Å². The zero-order chi connectivity index (χ0) is 18.2. The lowest BCUT2D eigenvalue weighted by Gasteiger charge is -2.33. The molecule has 2 heterocycles. The molecule has 2 aliphatic rings. The van der Waals surface area contributed by atoms with Crippen molar-refractivity contribution in [3.05, 3.63) is 35.9 Å². The fourth-order valence-corrected chi connectivity index (χ4v) is 3.51. The Balaban J connectivity index is 1.38. The van der Waals surface area contributed by atoms with E-state index in [1.54, 1.807) is 0 Å². The van der Waals surface area contributed by atoms with Crippen molar-refractivity contribution in [3.63, 3.8) is 0 Å². The third kappa shape index (κ3) is 5.46. The van der Waals surface area contributed by atoms with Gasteiger partial charge in [-0.3, -0.25) is 9.63 Å². The van der Waals surface area contributed by atoms with Crippen LogP contribution in [0.5, 0.6) is 0 Å². The van der Waals surface area contributed by atoms with E-state index in [1.807, 2.05) is 23.1 Å². The molecule has 2 aliphatic heterocycles. The average Bonchev–Trinajstić information content (AvgIpc) is 2.97. The molecule has 0 unspecified atom stereocenters. The zero-order valence-electron chi connectivity index (χ0n) is 15.4. The Bertz CT molecular complexity index is 577. The van der Waals surface area contributed by atoms with Crippen molar-refractivity contribution in [2.45, 2.75) is 51.0 Å². The van der Waals surface area contributed by atoms with Crippen molar-refractivity contribution >= 4 is 11.9 Å². The number of hydrogen-bond donors (Lipinski definition) is 1. The van der Waals surface area contributed by atoms with Crippen LogP contribution >= 0.6 is 0 Å². The summed E-state index contributed by atoms with van der Waals surface area (Å²) in [4.78, 5) is 32.1. The van der Waals surface area contributed by atoms with E-state index < -0.39 is 0 Å². The molecular weight excluding hydrogens is 330 g/mol. The average molecular weight is 359 g/mol. The first-order valence-electron chi connectivity index (χ1n) is 9.75. The lowest BCUT2D eigenvalue weighted by molar-refractivity contribution is -0.132. The van der Waals surface area contributed by atoms with Gasteiger partial charge in [0.15, 0.2) is 0 Å². The standard InChI is InChI=1S/C20H29N3O3/c24-19(10-9-17-7-3-1-4-8-17)22-14-11-18(12-15-22)21-20(25)23-13-5-2-6-16-26-23/h1,3-4,7-8,18H,2,5-6,9-16H2,(H,21,25). The summed E-state index contributed by atoms with van der Waals surface area (Å²) in [5.74, 6) is 0.203. The van der Waals surface area contributed by atoms with Crippen LogP contribution < -0.4 is 5.32 Å². The van der Waals surface area contributed by atoms with E-state index in [4.69, 9.17) is 4.84 Å². The van der Waals surface area contributed by atoms with Crippen LogP contribution in [0.2, 0.25) is 0 Å². The highest BCUT2D eigenvalue weighted by Crippen LogP contribution is 2.14. The number of hydrogen-bond acceptors (Lipinski definition) is 3. The maximum atomic E-state index is 12.4. The molecule has 3 amide bonds. The summed E-state index contributed by atoms with van der Waals surface area (Å²) >= 11 is 0. The summed E-state index contributed by atoms with van der Waals surface area (Å²) in [5, 5.41) is 4.52. The largest absolute Gasteiger partial charge is 0.343 e. The molecule has 0 saturated carbocycles. The van der Waals surface area contributed by atoms with Crippen molar-refractivity contribution < 1.29 is 14.4 Å². The molecular formula is C20H29N3O3. The summed E-state index contributed by atoms with van der Waals surface area (Å²) in [5.41, 5.74) is 1.19. The number of hydroxylamine groups is 2. The molecule has 0 atom stereocenters. The topological polar surface area (TPSA) is 61.9 Å². The first-order chi connectivity index (χ1) is 12.7. The Morgan fingerprint density at radius 1 is 1.04 bits per heavy atom. The molecule has 6 nitrogen and oxygen atoms in total. The van der Waals surface area contributed by atoms with Crippen molar-refractivity contribution in [1.29, 1.82) is 0 Å². The Morgan fingerprint density at radius 2 is 1.81 bits per heavy atom. The predicted molar refractivity (Wildman–Crippen MR) is 99.4 cm³/mol. The normalized spacial score (nSPS) is 19.1. The zero-order valence-corrected chi connectivity index (χ0v) is 15.4. The molecule has 6 heteroatoms. The molecule has 2 saturated heterocycles. The lowest BCUT2D eigenvalue weighted by atomic mass is 10.0. The minimum atomic E-state index is -0.138. The quantitative estimate of drug-likeness (QED) is 0.899. The van der Waals surface area contributed by atoms with Gasteiger partial charge in [-0.05, 0) is 44.1 Å². The van der Waals surface area contributed by atoms with E-state index in [0.29, 0.717) is 32.7 Å². The number of aryl methyl sites for hydroxylation is 1. The van der Waals surface area contributed by atoms with Gasteiger partial charge in [0.05, 0.1) is 13.2 Å². The molecule has 1 aromatic rings. The molecule has 26 heavy (non-hydrogen) atoms. The van der Waals surface area contributed by atoms with Gasteiger partial charge >= 0.3 is 6.03 Å². The van der Waals surface area contributed by atoms with E-state index in [9.17, 15) is 9.59 Å². The lowest BCUT2D eigenvalue weighted by Crippen LogP contribution is -2.50. The molecule has 1 N–H and O–H groups in total. The molecule has 3 rings (SSSR count). The van der Waals surface area contributed by atoms with Gasteiger partial charge in [0.1, 0.15) is 0 Å². The van der Waals surface area contributed by atoms with Crippen molar-refractivity contribution in [2.75, 3.05) is 26.2 Å². The summed E-state index contributed by atoms with van der Waals surface area (Å²) in [7, 11) is 0. The van der Waals surface area contributed by atoms with Gasteiger partial charge < -0.3 is 10.2 Å². The van der Waals surface area contributed by atoms with Crippen LogP contribution in [0.1, 0.15) is 44.1 Å². The third-order valence-electron chi connectivity index (χ3n) is 5.12. The monoisotopic (exact) mass is 359 g/mol. The van der Waals surface area contributed by atoms with E-state index in [-0.39, 0.29) is 18.0 Å². The van der Waals surface area contributed by atoms with Gasteiger partial charge in [-0.1, -0.05) is 30.3 Å². The highest BCUT2D eigenvalue weighted by atomic mass is 16.7. The van der Waals surface area contributed by atoms with E-state index in [0.717, 1.165) is 38.5 Å². The molecule has 0 spiro atoms. The Labute approximate surface area is 155 Å². The molecule has 142 valence electrons. The van der Waals surface area contributed by atoms with Crippen molar-refractivity contribution in [1.82, 2.24) is 15.3 Å². The van der Waals surface area contributed by atoms with Gasteiger partial charge in [-0.2, -0.15) is 0 Å². The molecule has 0 bridgehead atoms. The van der Waals surface area contributed by atoms with Crippen LogP contribution in [-0.4, -0.2) is 54.2 Å². The SMILES string of the molecule is O=C(CCc1ccccc1)N1CCC(NC(=O)N2CCCCCO2)CC1. The van der Waals surface area contributed by atoms with E-state index >= 15 is 0 Å². The van der Waals surface area contributed by atoms with Gasteiger partial charge in [-0.15, -0.1) is 0 Å². The summed E-state index contributed by atoms with van der Waals surface area (Å²) < 4.78 is 0. The molecule has 2 fully saturated rings. The highest BCUT2D eigenvalue weighted by molar-refractivity contribution is 5.76. The second-order valence-corrected chi connectivity index (χ2v) is 7.09. The van der Waals surface area contributed by atoms with Crippen LogP contribution in [-0.2, 0) is 16.1 Å². The number of piperidine rings is 1. The number of rotatable bonds is 4. The van der Waals surface area contributed by atoms with Crippen LogP contribution in [0.25, 0.3) is 0 Å². The molecule has 0 aromatic heterocycles. The summed E-state index contributed by atoms with van der Waals surface area (Å²) in [6.07, 6.45) is 6.03. The number of likely N-dealkylation sites (tertiary alicyclic amines) is 1. The maximum Gasteiger partial charge on any atom is 0.341 e. The number of benzene rings is 1. The van der Waals surface area contributed by atoms with Gasteiger partial charge in [0.25, 0.3) is 0 Å². The number of carbonyl (C=O) groups excluding carboxylic acids is 2. The fourth-order valence-electron chi connectivity index (χ4n) is 3.51. The van der Waals surface area contributed by atoms with Crippen LogP contribution in [0.15, 0.2) is 30.3 Å². The molecule has 0 radical (unpaired) electrons. The number of urea groups is 1. The van der Waals surface area contributed by atoms with Crippen LogP contribution in [0, 0.1) is 0 Å². The van der Waals surface area contributed by atoms with E-state index in [1.165, 1.54) is 10.6 Å². The van der Waals surface area contributed by atoms with Crippen LogP contribution in [0.4, 0.5) is 4.79 Å². The second kappa shape index (κ2) is 9.57. The first kappa shape index (κ1) is 18.7. The third-order valence-corrected chi connectivity index (χ3v) is 5.12. The second-order valence-electron chi connectivity index (χ2n) is 7.09. The first-order valence-corrected chi connectivity index (χ1v) is 9.75. The Morgan fingerprint density at radius 3 is 2.58 bits per heavy atom. The molecule has 0 aliphatic carbocycles. The minimum Gasteiger partial charge on any atom is -0.343 e. The Hall–Kier alpha value is -2.08. The van der Waals surface area contributed by atoms with Crippen molar-refractivity contribution in [3.8, 4) is 0 Å². The number of nitrogens with zero attached hydrogens (tertiary/aromatic N) is 2. The highest BCUT2D eigenvalue weighted by Gasteiger charge is 2.25. The summed E-state index contributed by atoms with van der Waals surface area (Å²) in [6.45, 7) is 2.68. The smallest absolute Gasteiger partial charge is 0.341 e. The Kier molecular flexibility index (Phi) is 6.89. The van der Waals surface area contributed by atoms with Gasteiger partial charge in [-0.25, -0.2) is 9.86 Å². The number of nitrogens with one attached hydrogen (secondary N) is 1. The number of carbonyl (C=O) groups is 2. The fraction of sp³-hybridized carbons (Fsp3) is 0.600. The predicted octanol–water partition coefficient (Wildman–Crippen LogP) is 2.74. The van der Waals surface area contributed by atoms with E-state index in [2.05, 4.69) is 17.4 Å². The number of amides is 3. The van der Waals surface area contributed by atoms with Gasteiger partial charge in [0.2, 0.25) is 5.91 Å². The van der Waals surface area contributed by atoms with Gasteiger partial charge in [0, 0.05) is 25.6 Å². The maximum absolute atomic E-state index is 12.4. The minimum absolute atomic E-state index is 0.118. The molecule has 1 aromatic carbocycles.